The predicted molar refractivity (Wildman–Crippen MR) is 55.8 cm³/mol. The Hall–Kier alpha value is -0.830. The van der Waals surface area contributed by atoms with Gasteiger partial charge in [-0.3, -0.25) is 0 Å². The van der Waals surface area contributed by atoms with E-state index in [-0.39, 0.29) is 0 Å². The van der Waals surface area contributed by atoms with Crippen molar-refractivity contribution in [1.82, 2.24) is 0 Å². The van der Waals surface area contributed by atoms with Crippen molar-refractivity contribution in [2.75, 3.05) is 0 Å². The van der Waals surface area contributed by atoms with Crippen LogP contribution in [-0.4, -0.2) is 5.84 Å². The van der Waals surface area contributed by atoms with Gasteiger partial charge in [0.25, 0.3) is 0 Å². The van der Waals surface area contributed by atoms with Crippen LogP contribution >= 0.6 is 15.9 Å². The fraction of sp³-hybridized carbons (Fsp3) is 0.222. The van der Waals surface area contributed by atoms with Crippen LogP contribution in [-0.2, 0) is 0 Å². The summed E-state index contributed by atoms with van der Waals surface area (Å²) in [5.41, 5.74) is 7.51. The number of benzene rings is 1. The summed E-state index contributed by atoms with van der Waals surface area (Å²) < 4.78 is 1.09. The summed E-state index contributed by atoms with van der Waals surface area (Å²) in [7, 11) is 0. The maximum atomic E-state index is 5.45. The molecule has 2 N–H and O–H groups in total. The first-order chi connectivity index (χ1) is 5.59. The number of hydrogen-bond acceptors (Lipinski definition) is 1. The van der Waals surface area contributed by atoms with E-state index in [0.717, 1.165) is 15.7 Å². The van der Waals surface area contributed by atoms with E-state index in [1.807, 2.05) is 25.1 Å². The lowest BCUT2D eigenvalue weighted by Gasteiger charge is -1.99. The molecule has 0 bridgehead atoms. The Morgan fingerprint density at radius 1 is 1.50 bits per heavy atom. The molecule has 0 fully saturated rings. The molecular weight excluding hydrogens is 216 g/mol. The fourth-order valence-corrected chi connectivity index (χ4v) is 1.15. The third kappa shape index (κ3) is 2.34. The van der Waals surface area contributed by atoms with Crippen molar-refractivity contribution in [1.29, 1.82) is 0 Å². The highest BCUT2D eigenvalue weighted by atomic mass is 79.9. The molecule has 0 aliphatic heterocycles. The molecule has 2 nitrogen and oxygen atoms in total. The van der Waals surface area contributed by atoms with E-state index in [2.05, 4.69) is 20.9 Å². The van der Waals surface area contributed by atoms with E-state index in [1.165, 1.54) is 0 Å². The molecule has 1 aromatic carbocycles. The number of rotatable bonds is 1. The first-order valence-corrected chi connectivity index (χ1v) is 4.46. The summed E-state index contributed by atoms with van der Waals surface area (Å²) in [5.74, 6) is 0.580. The molecule has 0 atom stereocenters. The van der Waals surface area contributed by atoms with Gasteiger partial charge in [0.15, 0.2) is 0 Å². The Balaban J connectivity index is 3.05. The van der Waals surface area contributed by atoms with Crippen LogP contribution in [0.3, 0.4) is 0 Å². The van der Waals surface area contributed by atoms with Crippen molar-refractivity contribution >= 4 is 27.5 Å². The smallest absolute Gasteiger partial charge is 0.0964 e. The summed E-state index contributed by atoms with van der Waals surface area (Å²) in [6.45, 7) is 3.80. The van der Waals surface area contributed by atoms with Gasteiger partial charge in [-0.05, 0) is 37.6 Å². The molecule has 12 heavy (non-hydrogen) atoms. The van der Waals surface area contributed by atoms with Crippen LogP contribution in [0.2, 0.25) is 0 Å². The van der Waals surface area contributed by atoms with E-state index < -0.39 is 0 Å². The molecule has 0 saturated carbocycles. The summed E-state index contributed by atoms with van der Waals surface area (Å²) >= 11 is 3.42. The van der Waals surface area contributed by atoms with Crippen molar-refractivity contribution < 1.29 is 0 Å². The van der Waals surface area contributed by atoms with Gasteiger partial charge in [0.2, 0.25) is 0 Å². The quantitative estimate of drug-likeness (QED) is 0.581. The number of nitrogens with two attached hydrogens (primary N) is 1. The highest BCUT2D eigenvalue weighted by Crippen LogP contribution is 2.21. The van der Waals surface area contributed by atoms with Gasteiger partial charge in [-0.15, -0.1) is 0 Å². The zero-order valence-electron chi connectivity index (χ0n) is 7.13. The Kier molecular flexibility index (Phi) is 2.87. The standard InChI is InChI=1S/C9H11BrN2/c1-6-5-8(12-7(2)11)3-4-9(6)10/h3-5H,1-2H3,(H2,11,12). The van der Waals surface area contributed by atoms with Gasteiger partial charge in [0, 0.05) is 4.47 Å². The van der Waals surface area contributed by atoms with Crippen LogP contribution in [0.1, 0.15) is 12.5 Å². The van der Waals surface area contributed by atoms with Gasteiger partial charge in [-0.2, -0.15) is 0 Å². The van der Waals surface area contributed by atoms with Gasteiger partial charge < -0.3 is 5.73 Å². The lowest BCUT2D eigenvalue weighted by molar-refractivity contribution is 1.38. The largest absolute Gasteiger partial charge is 0.387 e. The molecule has 0 radical (unpaired) electrons. The summed E-state index contributed by atoms with van der Waals surface area (Å²) in [4.78, 5) is 4.14. The minimum Gasteiger partial charge on any atom is -0.387 e. The van der Waals surface area contributed by atoms with Gasteiger partial charge in [-0.1, -0.05) is 15.9 Å². The third-order valence-electron chi connectivity index (χ3n) is 1.45. The Morgan fingerprint density at radius 2 is 2.17 bits per heavy atom. The molecule has 3 heteroatoms. The van der Waals surface area contributed by atoms with Crippen LogP contribution in [0.4, 0.5) is 5.69 Å². The van der Waals surface area contributed by atoms with E-state index in [0.29, 0.717) is 5.84 Å². The number of nitrogens with zero attached hydrogens (tertiary/aromatic N) is 1. The zero-order valence-corrected chi connectivity index (χ0v) is 8.72. The maximum Gasteiger partial charge on any atom is 0.0964 e. The van der Waals surface area contributed by atoms with Gasteiger partial charge in [-0.25, -0.2) is 4.99 Å². The van der Waals surface area contributed by atoms with E-state index in [1.54, 1.807) is 6.92 Å². The molecule has 0 spiro atoms. The second-order valence-electron chi connectivity index (χ2n) is 2.69. The molecule has 0 unspecified atom stereocenters. The molecule has 0 aliphatic rings. The highest BCUT2D eigenvalue weighted by molar-refractivity contribution is 9.10. The summed E-state index contributed by atoms with van der Waals surface area (Å²) in [6.07, 6.45) is 0. The van der Waals surface area contributed by atoms with Crippen LogP contribution < -0.4 is 5.73 Å². The second kappa shape index (κ2) is 3.72. The number of hydrogen-bond donors (Lipinski definition) is 1. The lowest BCUT2D eigenvalue weighted by atomic mass is 10.2. The zero-order chi connectivity index (χ0) is 9.14. The number of halogens is 1. The molecule has 0 heterocycles. The Bertz CT molecular complexity index is 314. The van der Waals surface area contributed by atoms with Crippen molar-refractivity contribution in [3.63, 3.8) is 0 Å². The molecule has 64 valence electrons. The first-order valence-electron chi connectivity index (χ1n) is 3.66. The fourth-order valence-electron chi connectivity index (χ4n) is 0.902. The van der Waals surface area contributed by atoms with Crippen molar-refractivity contribution in [3.05, 3.63) is 28.2 Å². The third-order valence-corrected chi connectivity index (χ3v) is 2.34. The Labute approximate surface area is 80.6 Å². The highest BCUT2D eigenvalue weighted by Gasteiger charge is 1.94. The number of amidine groups is 1. The van der Waals surface area contributed by atoms with Gasteiger partial charge >= 0.3 is 0 Å². The van der Waals surface area contributed by atoms with Gasteiger partial charge in [0.1, 0.15) is 0 Å². The lowest BCUT2D eigenvalue weighted by Crippen LogP contribution is -2.03. The first kappa shape index (κ1) is 9.26. The SMILES string of the molecule is CC(N)=Nc1ccc(Br)c(C)c1. The topological polar surface area (TPSA) is 38.4 Å². The summed E-state index contributed by atoms with van der Waals surface area (Å²) in [5, 5.41) is 0. The van der Waals surface area contributed by atoms with Crippen LogP contribution in [0.5, 0.6) is 0 Å². The number of aliphatic imine (C=N–C) groups is 1. The molecular formula is C9H11BrN2. The van der Waals surface area contributed by atoms with E-state index in [9.17, 15) is 0 Å². The minimum atomic E-state index is 0.580. The minimum absolute atomic E-state index is 0.580. The van der Waals surface area contributed by atoms with E-state index >= 15 is 0 Å². The number of aryl methyl sites for hydroxylation is 1. The van der Waals surface area contributed by atoms with Crippen molar-refractivity contribution in [3.8, 4) is 0 Å². The van der Waals surface area contributed by atoms with Crippen LogP contribution in [0.15, 0.2) is 27.7 Å². The molecule has 0 aromatic heterocycles. The summed E-state index contributed by atoms with van der Waals surface area (Å²) in [6, 6.07) is 5.88. The molecule has 0 saturated heterocycles. The van der Waals surface area contributed by atoms with Crippen molar-refractivity contribution in [2.45, 2.75) is 13.8 Å². The van der Waals surface area contributed by atoms with Crippen molar-refractivity contribution in [2.24, 2.45) is 10.7 Å². The average Bonchev–Trinajstić information content (AvgIpc) is 1.96. The van der Waals surface area contributed by atoms with Crippen LogP contribution in [0.25, 0.3) is 0 Å². The van der Waals surface area contributed by atoms with Gasteiger partial charge in [0.05, 0.1) is 11.5 Å². The normalized spacial score (nSPS) is 11.8. The molecule has 1 rings (SSSR count). The predicted octanol–water partition coefficient (Wildman–Crippen LogP) is 2.77. The molecule has 0 amide bonds. The molecule has 1 aromatic rings. The van der Waals surface area contributed by atoms with E-state index in [4.69, 9.17) is 5.73 Å². The molecule has 0 aliphatic carbocycles. The maximum absolute atomic E-state index is 5.45. The monoisotopic (exact) mass is 226 g/mol. The van der Waals surface area contributed by atoms with Crippen LogP contribution in [0, 0.1) is 6.92 Å². The Morgan fingerprint density at radius 3 is 2.67 bits per heavy atom. The average molecular weight is 227 g/mol. The second-order valence-corrected chi connectivity index (χ2v) is 3.54.